The number of carbonyl (C=O) groups is 2. The van der Waals surface area contributed by atoms with E-state index < -0.39 is 16.9 Å². The van der Waals surface area contributed by atoms with E-state index in [1.165, 1.54) is 23.1 Å². The van der Waals surface area contributed by atoms with Crippen LogP contribution >= 0.6 is 0 Å². The maximum Gasteiger partial charge on any atom is 0.310 e. The summed E-state index contributed by atoms with van der Waals surface area (Å²) in [6.07, 6.45) is 1.35. The van der Waals surface area contributed by atoms with Crippen molar-refractivity contribution in [3.8, 4) is 5.75 Å². The van der Waals surface area contributed by atoms with Gasteiger partial charge in [0, 0.05) is 12.6 Å². The Hall–Kier alpha value is -2.64. The van der Waals surface area contributed by atoms with Crippen molar-refractivity contribution < 1.29 is 19.2 Å². The first-order chi connectivity index (χ1) is 10.5. The van der Waals surface area contributed by atoms with Crippen molar-refractivity contribution >= 4 is 17.5 Å². The van der Waals surface area contributed by atoms with Crippen molar-refractivity contribution in [2.24, 2.45) is 5.73 Å². The van der Waals surface area contributed by atoms with E-state index in [1.54, 1.807) is 6.07 Å². The average Bonchev–Trinajstić information content (AvgIpc) is 2.97. The molecule has 2 N–H and O–H groups in total. The molecule has 0 saturated carbocycles. The van der Waals surface area contributed by atoms with Crippen LogP contribution in [0.4, 0.5) is 5.69 Å². The van der Waals surface area contributed by atoms with Crippen molar-refractivity contribution in [1.29, 1.82) is 0 Å². The molecular formula is C14H17N3O5. The second kappa shape index (κ2) is 6.88. The minimum absolute atomic E-state index is 0.00562. The smallest absolute Gasteiger partial charge is 0.310 e. The van der Waals surface area contributed by atoms with E-state index in [4.69, 9.17) is 10.5 Å². The summed E-state index contributed by atoms with van der Waals surface area (Å²) in [5, 5.41) is 10.8. The van der Waals surface area contributed by atoms with Crippen LogP contribution in [0.25, 0.3) is 0 Å². The highest BCUT2D eigenvalue weighted by atomic mass is 16.6. The van der Waals surface area contributed by atoms with Crippen LogP contribution in [0.5, 0.6) is 5.75 Å². The van der Waals surface area contributed by atoms with E-state index in [1.807, 2.05) is 0 Å². The molecule has 1 fully saturated rings. The quantitative estimate of drug-likeness (QED) is 0.617. The second-order valence-corrected chi connectivity index (χ2v) is 4.97. The third-order valence-electron chi connectivity index (χ3n) is 3.54. The summed E-state index contributed by atoms with van der Waals surface area (Å²) in [4.78, 5) is 35.1. The fourth-order valence-electron chi connectivity index (χ4n) is 2.48. The van der Waals surface area contributed by atoms with Crippen LogP contribution in [-0.4, -0.2) is 40.8 Å². The number of ether oxygens (including phenoxy) is 1. The molecule has 0 spiro atoms. The summed E-state index contributed by atoms with van der Waals surface area (Å²) in [6.45, 7) is 0.504. The highest BCUT2D eigenvalue weighted by Gasteiger charge is 2.32. The third-order valence-corrected chi connectivity index (χ3v) is 3.54. The number of benzene rings is 1. The summed E-state index contributed by atoms with van der Waals surface area (Å²) in [5.41, 5.74) is 5.11. The Morgan fingerprint density at radius 2 is 2.14 bits per heavy atom. The molecule has 22 heavy (non-hydrogen) atoms. The van der Waals surface area contributed by atoms with Crippen LogP contribution in [0.15, 0.2) is 24.3 Å². The largest absolute Gasteiger partial charge is 0.486 e. The zero-order valence-corrected chi connectivity index (χ0v) is 11.9. The molecule has 8 nitrogen and oxygen atoms in total. The van der Waals surface area contributed by atoms with E-state index in [-0.39, 0.29) is 30.4 Å². The summed E-state index contributed by atoms with van der Waals surface area (Å²) in [5.74, 6) is -0.626. The number of nitrogens with zero attached hydrogens (tertiary/aromatic N) is 2. The van der Waals surface area contributed by atoms with Gasteiger partial charge in [-0.25, -0.2) is 0 Å². The number of nitro benzene ring substituents is 1. The number of primary amides is 1. The molecule has 0 radical (unpaired) electrons. The van der Waals surface area contributed by atoms with Crippen molar-refractivity contribution in [2.45, 2.75) is 25.3 Å². The third kappa shape index (κ3) is 3.51. The zero-order valence-electron chi connectivity index (χ0n) is 11.9. The standard InChI is InChI=1S/C14H17N3O5/c15-14(19)11-5-3-8-16(11)13(18)7-9-22-12-6-2-1-4-10(12)17(20)21/h1-2,4,6,11H,3,5,7-9H2,(H2,15,19)/t11-/m0/s1. The summed E-state index contributed by atoms with van der Waals surface area (Å²) in [6, 6.07) is 5.41. The molecule has 2 rings (SSSR count). The van der Waals surface area contributed by atoms with Crippen LogP contribution in [0, 0.1) is 10.1 Å². The monoisotopic (exact) mass is 307 g/mol. The molecule has 1 aliphatic rings. The van der Waals surface area contributed by atoms with Crippen molar-refractivity contribution in [3.05, 3.63) is 34.4 Å². The number of rotatable bonds is 6. The molecule has 0 aliphatic carbocycles. The van der Waals surface area contributed by atoms with Gasteiger partial charge in [0.1, 0.15) is 6.04 Å². The van der Waals surface area contributed by atoms with Gasteiger partial charge in [0.25, 0.3) is 0 Å². The van der Waals surface area contributed by atoms with Crippen molar-refractivity contribution in [3.63, 3.8) is 0 Å². The number of nitrogens with two attached hydrogens (primary N) is 1. The average molecular weight is 307 g/mol. The predicted molar refractivity (Wildman–Crippen MR) is 77.1 cm³/mol. The number of nitro groups is 1. The van der Waals surface area contributed by atoms with Gasteiger partial charge in [0.05, 0.1) is 18.0 Å². The van der Waals surface area contributed by atoms with Gasteiger partial charge in [-0.15, -0.1) is 0 Å². The predicted octanol–water partition coefficient (Wildman–Crippen LogP) is 0.840. The number of hydrogen-bond acceptors (Lipinski definition) is 5. The first-order valence-corrected chi connectivity index (χ1v) is 6.95. The highest BCUT2D eigenvalue weighted by molar-refractivity contribution is 5.87. The Kier molecular flexibility index (Phi) is 4.92. The molecule has 118 valence electrons. The molecular weight excluding hydrogens is 290 g/mol. The summed E-state index contributed by atoms with van der Waals surface area (Å²) in [7, 11) is 0. The SMILES string of the molecule is NC(=O)[C@@H]1CCCN1C(=O)CCOc1ccccc1[N+](=O)[O-]. The van der Waals surface area contributed by atoms with E-state index >= 15 is 0 Å². The molecule has 1 aromatic carbocycles. The first kappa shape index (κ1) is 15.7. The van der Waals surface area contributed by atoms with Gasteiger partial charge >= 0.3 is 5.69 Å². The van der Waals surface area contributed by atoms with Crippen molar-refractivity contribution in [2.75, 3.05) is 13.2 Å². The van der Waals surface area contributed by atoms with Gasteiger partial charge in [-0.2, -0.15) is 0 Å². The molecule has 1 aromatic rings. The maximum atomic E-state index is 12.1. The van der Waals surface area contributed by atoms with E-state index in [0.717, 1.165) is 6.42 Å². The zero-order chi connectivity index (χ0) is 16.1. The number of para-hydroxylation sites is 2. The fraction of sp³-hybridized carbons (Fsp3) is 0.429. The van der Waals surface area contributed by atoms with Gasteiger partial charge in [0.15, 0.2) is 5.75 Å². The van der Waals surface area contributed by atoms with Crippen LogP contribution in [-0.2, 0) is 9.59 Å². The van der Waals surface area contributed by atoms with Gasteiger partial charge in [-0.3, -0.25) is 19.7 Å². The molecule has 0 bridgehead atoms. The van der Waals surface area contributed by atoms with Gasteiger partial charge in [-0.1, -0.05) is 12.1 Å². The van der Waals surface area contributed by atoms with Gasteiger partial charge in [0.2, 0.25) is 11.8 Å². The minimum atomic E-state index is -0.557. The molecule has 0 aromatic heterocycles. The maximum absolute atomic E-state index is 12.1. The Morgan fingerprint density at radius 1 is 1.41 bits per heavy atom. The minimum Gasteiger partial charge on any atom is -0.486 e. The van der Waals surface area contributed by atoms with E-state index in [2.05, 4.69) is 0 Å². The van der Waals surface area contributed by atoms with Crippen LogP contribution < -0.4 is 10.5 Å². The Morgan fingerprint density at radius 3 is 2.82 bits per heavy atom. The molecule has 8 heteroatoms. The summed E-state index contributed by atoms with van der Waals surface area (Å²) >= 11 is 0. The Labute approximate surface area is 127 Å². The Bertz CT molecular complexity index is 590. The topological polar surface area (TPSA) is 116 Å². The fourth-order valence-corrected chi connectivity index (χ4v) is 2.48. The number of likely N-dealkylation sites (tertiary alicyclic amines) is 1. The number of hydrogen-bond donors (Lipinski definition) is 1. The molecule has 1 heterocycles. The molecule has 0 unspecified atom stereocenters. The lowest BCUT2D eigenvalue weighted by Crippen LogP contribution is -2.44. The molecule has 1 saturated heterocycles. The van der Waals surface area contributed by atoms with Gasteiger partial charge in [-0.05, 0) is 18.9 Å². The van der Waals surface area contributed by atoms with Crippen LogP contribution in [0.2, 0.25) is 0 Å². The second-order valence-electron chi connectivity index (χ2n) is 4.97. The lowest BCUT2D eigenvalue weighted by atomic mass is 10.2. The number of amides is 2. The van der Waals surface area contributed by atoms with Crippen molar-refractivity contribution in [1.82, 2.24) is 4.90 Å². The molecule has 1 atom stereocenters. The molecule has 1 aliphatic heterocycles. The number of carbonyl (C=O) groups excluding carboxylic acids is 2. The first-order valence-electron chi connectivity index (χ1n) is 6.95. The highest BCUT2D eigenvalue weighted by Crippen LogP contribution is 2.26. The van der Waals surface area contributed by atoms with E-state index in [0.29, 0.717) is 13.0 Å². The van der Waals surface area contributed by atoms with E-state index in [9.17, 15) is 19.7 Å². The summed E-state index contributed by atoms with van der Waals surface area (Å²) < 4.78 is 5.32. The lowest BCUT2D eigenvalue weighted by Gasteiger charge is -2.22. The van der Waals surface area contributed by atoms with Gasteiger partial charge < -0.3 is 15.4 Å². The molecule has 2 amide bonds. The van der Waals surface area contributed by atoms with Crippen LogP contribution in [0.3, 0.4) is 0 Å². The van der Waals surface area contributed by atoms with Crippen LogP contribution in [0.1, 0.15) is 19.3 Å². The Balaban J connectivity index is 1.90. The lowest BCUT2D eigenvalue weighted by molar-refractivity contribution is -0.385. The normalized spacial score (nSPS) is 17.3.